The van der Waals surface area contributed by atoms with Crippen LogP contribution in [-0.2, 0) is 5.41 Å². The molecular formula is C52H36N2O. The molecule has 0 amide bonds. The van der Waals surface area contributed by atoms with Gasteiger partial charge in [0.2, 0.25) is 5.89 Å². The van der Waals surface area contributed by atoms with E-state index in [-0.39, 0.29) is 5.41 Å². The molecule has 0 bridgehead atoms. The summed E-state index contributed by atoms with van der Waals surface area (Å²) in [5.74, 6) is 0.655. The SMILES string of the molecule is CC1(C)c2cc3ccc4cc(N(c5ccc(-c6ccccc6)cc5)c5ccc6ccccc6c5)ccc4c3cc2-c2cc3oc(-c4ccccc4)nc3cc21. The Hall–Kier alpha value is -6.97. The lowest BCUT2D eigenvalue weighted by molar-refractivity contribution is 0.619. The molecule has 1 heterocycles. The highest BCUT2D eigenvalue weighted by Crippen LogP contribution is 2.52. The van der Waals surface area contributed by atoms with Gasteiger partial charge in [-0.15, -0.1) is 0 Å². The molecule has 11 rings (SSSR count). The standard InChI is InChI=1S/C52H36N2O/c1-52(2)47-29-39-18-17-38-28-42(54(41-24-21-34-13-9-10-16-37(34)27-41)40-22-19-35(20-23-40)33-11-5-3-6-12-33)25-26-43(38)44(39)30-45(47)46-31-50-49(32-48(46)52)53-51(55-50)36-14-7-4-8-15-36/h3-32H,1-2H3. The number of anilines is 3. The molecule has 10 aromatic rings. The van der Waals surface area contributed by atoms with Crippen LogP contribution in [0.3, 0.4) is 0 Å². The monoisotopic (exact) mass is 704 g/mol. The highest BCUT2D eigenvalue weighted by Gasteiger charge is 2.37. The summed E-state index contributed by atoms with van der Waals surface area (Å²) in [5.41, 5.74) is 13.4. The molecule has 0 fully saturated rings. The fraction of sp³-hybridized carbons (Fsp3) is 0.0577. The Kier molecular flexibility index (Phi) is 6.90. The van der Waals surface area contributed by atoms with Crippen LogP contribution in [0.5, 0.6) is 0 Å². The molecule has 1 aliphatic rings. The summed E-state index contributed by atoms with van der Waals surface area (Å²) in [6, 6.07) is 65.7. The molecule has 0 atom stereocenters. The van der Waals surface area contributed by atoms with Crippen molar-refractivity contribution in [3.63, 3.8) is 0 Å². The normalized spacial score (nSPS) is 13.1. The van der Waals surface area contributed by atoms with Crippen molar-refractivity contribution in [3.05, 3.63) is 193 Å². The van der Waals surface area contributed by atoms with E-state index in [4.69, 9.17) is 9.40 Å². The Labute approximate surface area is 319 Å². The van der Waals surface area contributed by atoms with Gasteiger partial charge in [-0.3, -0.25) is 0 Å². The molecule has 1 aromatic heterocycles. The highest BCUT2D eigenvalue weighted by molar-refractivity contribution is 6.11. The van der Waals surface area contributed by atoms with Crippen LogP contribution in [-0.4, -0.2) is 4.98 Å². The molecule has 0 unspecified atom stereocenters. The minimum absolute atomic E-state index is 0.172. The predicted octanol–water partition coefficient (Wildman–Crippen LogP) is 14.4. The first-order valence-electron chi connectivity index (χ1n) is 18.9. The second-order valence-corrected chi connectivity index (χ2v) is 15.2. The third-order valence-electron chi connectivity index (χ3n) is 11.6. The summed E-state index contributed by atoms with van der Waals surface area (Å²) in [6.45, 7) is 4.66. The maximum atomic E-state index is 6.37. The van der Waals surface area contributed by atoms with E-state index in [0.717, 1.165) is 33.7 Å². The molecule has 0 radical (unpaired) electrons. The van der Waals surface area contributed by atoms with Crippen LogP contribution < -0.4 is 4.90 Å². The number of benzene rings is 9. The van der Waals surface area contributed by atoms with Crippen molar-refractivity contribution < 1.29 is 4.42 Å². The van der Waals surface area contributed by atoms with Crippen molar-refractivity contribution in [1.82, 2.24) is 4.98 Å². The second-order valence-electron chi connectivity index (χ2n) is 15.2. The van der Waals surface area contributed by atoms with E-state index >= 15 is 0 Å². The smallest absolute Gasteiger partial charge is 0.227 e. The van der Waals surface area contributed by atoms with Crippen molar-refractivity contribution in [2.24, 2.45) is 0 Å². The Bertz CT molecular complexity index is 3110. The molecular weight excluding hydrogens is 669 g/mol. The van der Waals surface area contributed by atoms with Gasteiger partial charge in [-0.2, -0.15) is 0 Å². The summed E-state index contributed by atoms with van der Waals surface area (Å²) >= 11 is 0. The number of nitrogens with zero attached hydrogens (tertiary/aromatic N) is 2. The average Bonchev–Trinajstić information content (AvgIpc) is 3.75. The Morgan fingerprint density at radius 3 is 1.76 bits per heavy atom. The van der Waals surface area contributed by atoms with E-state index < -0.39 is 0 Å². The van der Waals surface area contributed by atoms with Crippen LogP contribution in [0.4, 0.5) is 17.1 Å². The zero-order valence-corrected chi connectivity index (χ0v) is 30.6. The van der Waals surface area contributed by atoms with E-state index in [2.05, 4.69) is 170 Å². The average molecular weight is 705 g/mol. The van der Waals surface area contributed by atoms with Crippen molar-refractivity contribution >= 4 is 60.5 Å². The summed E-state index contributed by atoms with van der Waals surface area (Å²) in [7, 11) is 0. The fourth-order valence-electron chi connectivity index (χ4n) is 8.74. The molecule has 9 aromatic carbocycles. The van der Waals surface area contributed by atoms with Gasteiger partial charge in [0.05, 0.1) is 0 Å². The lowest BCUT2D eigenvalue weighted by Crippen LogP contribution is -2.14. The molecule has 3 nitrogen and oxygen atoms in total. The highest BCUT2D eigenvalue weighted by atomic mass is 16.3. The Balaban J connectivity index is 1.04. The molecule has 1 aliphatic carbocycles. The van der Waals surface area contributed by atoms with E-state index in [1.807, 2.05) is 30.3 Å². The van der Waals surface area contributed by atoms with Crippen LogP contribution in [0.2, 0.25) is 0 Å². The number of rotatable bonds is 5. The van der Waals surface area contributed by atoms with Crippen molar-refractivity contribution in [2.75, 3.05) is 4.90 Å². The van der Waals surface area contributed by atoms with Crippen LogP contribution in [0.1, 0.15) is 25.0 Å². The van der Waals surface area contributed by atoms with Crippen molar-refractivity contribution in [1.29, 1.82) is 0 Å². The lowest BCUT2D eigenvalue weighted by atomic mass is 9.81. The third kappa shape index (κ3) is 5.08. The topological polar surface area (TPSA) is 29.3 Å². The minimum atomic E-state index is -0.172. The zero-order chi connectivity index (χ0) is 36.7. The number of aromatic nitrogens is 1. The van der Waals surface area contributed by atoms with Crippen LogP contribution in [0.15, 0.2) is 186 Å². The Morgan fingerprint density at radius 1 is 0.436 bits per heavy atom. The second kappa shape index (κ2) is 12.0. The van der Waals surface area contributed by atoms with E-state index in [0.29, 0.717) is 5.89 Å². The van der Waals surface area contributed by atoms with Crippen LogP contribution >= 0.6 is 0 Å². The first kappa shape index (κ1) is 31.5. The fourth-order valence-corrected chi connectivity index (χ4v) is 8.74. The number of hydrogen-bond donors (Lipinski definition) is 0. The molecule has 0 saturated carbocycles. The van der Waals surface area contributed by atoms with Gasteiger partial charge in [0.15, 0.2) is 5.58 Å². The summed E-state index contributed by atoms with van der Waals surface area (Å²) < 4.78 is 6.37. The van der Waals surface area contributed by atoms with Gasteiger partial charge in [-0.25, -0.2) is 4.98 Å². The maximum absolute atomic E-state index is 6.37. The molecule has 0 spiro atoms. The third-order valence-corrected chi connectivity index (χ3v) is 11.6. The maximum Gasteiger partial charge on any atom is 0.227 e. The molecule has 55 heavy (non-hydrogen) atoms. The molecule has 0 N–H and O–H groups in total. The largest absolute Gasteiger partial charge is 0.436 e. The predicted molar refractivity (Wildman–Crippen MR) is 230 cm³/mol. The summed E-state index contributed by atoms with van der Waals surface area (Å²) in [5, 5.41) is 7.38. The van der Waals surface area contributed by atoms with Gasteiger partial charge in [0.25, 0.3) is 0 Å². The van der Waals surface area contributed by atoms with Gasteiger partial charge in [0.1, 0.15) is 5.52 Å². The number of hydrogen-bond acceptors (Lipinski definition) is 3. The Morgan fingerprint density at radius 2 is 1.00 bits per heavy atom. The molecule has 3 heteroatoms. The first-order valence-corrected chi connectivity index (χ1v) is 18.9. The van der Waals surface area contributed by atoms with Crippen LogP contribution in [0.25, 0.3) is 77.1 Å². The zero-order valence-electron chi connectivity index (χ0n) is 30.6. The summed E-state index contributed by atoms with van der Waals surface area (Å²) in [4.78, 5) is 7.29. The van der Waals surface area contributed by atoms with Crippen molar-refractivity contribution in [3.8, 4) is 33.7 Å². The first-order chi connectivity index (χ1) is 27.0. The minimum Gasteiger partial charge on any atom is -0.436 e. The number of oxazole rings is 1. The number of fused-ring (bicyclic) bond motifs is 8. The van der Waals surface area contributed by atoms with Gasteiger partial charge in [-0.1, -0.05) is 123 Å². The van der Waals surface area contributed by atoms with Gasteiger partial charge >= 0.3 is 0 Å². The van der Waals surface area contributed by atoms with Crippen LogP contribution in [0, 0.1) is 0 Å². The van der Waals surface area contributed by atoms with E-state index in [1.165, 1.54) is 65.7 Å². The summed E-state index contributed by atoms with van der Waals surface area (Å²) in [6.07, 6.45) is 0. The van der Waals surface area contributed by atoms with E-state index in [9.17, 15) is 0 Å². The van der Waals surface area contributed by atoms with Gasteiger partial charge in [0, 0.05) is 28.0 Å². The molecule has 0 saturated heterocycles. The van der Waals surface area contributed by atoms with Gasteiger partial charge < -0.3 is 9.32 Å². The van der Waals surface area contributed by atoms with Crippen molar-refractivity contribution in [2.45, 2.75) is 19.3 Å². The quantitative estimate of drug-likeness (QED) is 0.167. The molecule has 260 valence electrons. The van der Waals surface area contributed by atoms with Gasteiger partial charge in [-0.05, 0) is 138 Å². The molecule has 0 aliphatic heterocycles. The lowest BCUT2D eigenvalue weighted by Gasteiger charge is -2.26. The van der Waals surface area contributed by atoms with E-state index in [1.54, 1.807) is 0 Å².